The molecular formula is C23H31NO4. The van der Waals surface area contributed by atoms with Gasteiger partial charge in [-0.05, 0) is 76.4 Å². The van der Waals surface area contributed by atoms with E-state index in [4.69, 9.17) is 14.2 Å². The maximum Gasteiger partial charge on any atom is 0.261 e. The molecule has 0 saturated carbocycles. The van der Waals surface area contributed by atoms with E-state index in [9.17, 15) is 4.79 Å². The van der Waals surface area contributed by atoms with Crippen LogP contribution >= 0.6 is 0 Å². The number of carbonyl (C=O) groups is 1. The van der Waals surface area contributed by atoms with E-state index in [1.165, 1.54) is 0 Å². The summed E-state index contributed by atoms with van der Waals surface area (Å²) < 4.78 is 17.2. The number of aryl methyl sites for hydroxylation is 1. The van der Waals surface area contributed by atoms with Gasteiger partial charge < -0.3 is 19.5 Å². The number of carbonyl (C=O) groups excluding carboxylic acids is 1. The molecule has 152 valence electrons. The topological polar surface area (TPSA) is 56.8 Å². The van der Waals surface area contributed by atoms with Crippen LogP contribution in [0.4, 0.5) is 0 Å². The molecule has 0 aliphatic carbocycles. The van der Waals surface area contributed by atoms with Gasteiger partial charge in [0, 0.05) is 0 Å². The molecule has 28 heavy (non-hydrogen) atoms. The molecule has 5 nitrogen and oxygen atoms in total. The van der Waals surface area contributed by atoms with Gasteiger partial charge in [0.05, 0.1) is 19.3 Å². The molecule has 0 spiro atoms. The lowest BCUT2D eigenvalue weighted by atomic mass is 10.1. The fraction of sp³-hybridized carbons (Fsp3) is 0.435. The third-order valence-corrected chi connectivity index (χ3v) is 4.65. The van der Waals surface area contributed by atoms with E-state index >= 15 is 0 Å². The molecule has 0 aliphatic rings. The molecule has 0 radical (unpaired) electrons. The summed E-state index contributed by atoms with van der Waals surface area (Å²) in [6.07, 6.45) is -0.600. The van der Waals surface area contributed by atoms with Gasteiger partial charge in [0.1, 0.15) is 5.75 Å². The van der Waals surface area contributed by atoms with Gasteiger partial charge in [-0.2, -0.15) is 0 Å². The average Bonchev–Trinajstić information content (AvgIpc) is 2.67. The van der Waals surface area contributed by atoms with Crippen molar-refractivity contribution >= 4 is 5.91 Å². The predicted octanol–water partition coefficient (Wildman–Crippen LogP) is 4.75. The zero-order valence-electron chi connectivity index (χ0n) is 17.7. The molecule has 0 aromatic heterocycles. The Labute approximate surface area is 168 Å². The van der Waals surface area contributed by atoms with Crippen LogP contribution in [-0.4, -0.2) is 25.2 Å². The molecule has 0 unspecified atom stereocenters. The normalized spacial score (nSPS) is 12.8. The van der Waals surface area contributed by atoms with Gasteiger partial charge in [-0.15, -0.1) is 0 Å². The highest BCUT2D eigenvalue weighted by atomic mass is 16.5. The summed E-state index contributed by atoms with van der Waals surface area (Å²) in [5.41, 5.74) is 3.12. The molecular weight excluding hydrogens is 354 g/mol. The largest absolute Gasteiger partial charge is 0.490 e. The van der Waals surface area contributed by atoms with Crippen LogP contribution < -0.4 is 19.5 Å². The number of rotatable bonds is 9. The molecule has 2 aromatic rings. The number of amides is 1. The quantitative estimate of drug-likeness (QED) is 0.677. The van der Waals surface area contributed by atoms with E-state index in [0.717, 1.165) is 22.4 Å². The van der Waals surface area contributed by atoms with Gasteiger partial charge in [0.2, 0.25) is 0 Å². The Bertz CT molecular complexity index is 803. The van der Waals surface area contributed by atoms with E-state index in [2.05, 4.69) is 5.32 Å². The minimum atomic E-state index is -0.600. The van der Waals surface area contributed by atoms with E-state index < -0.39 is 6.10 Å². The Kier molecular flexibility index (Phi) is 7.73. The fourth-order valence-corrected chi connectivity index (χ4v) is 2.85. The number of hydrogen-bond donors (Lipinski definition) is 1. The van der Waals surface area contributed by atoms with Gasteiger partial charge >= 0.3 is 0 Å². The summed E-state index contributed by atoms with van der Waals surface area (Å²) >= 11 is 0. The minimum Gasteiger partial charge on any atom is -0.490 e. The summed E-state index contributed by atoms with van der Waals surface area (Å²) in [6.45, 7) is 12.7. The van der Waals surface area contributed by atoms with Crippen molar-refractivity contribution in [2.45, 2.75) is 53.7 Å². The van der Waals surface area contributed by atoms with Gasteiger partial charge in [-0.3, -0.25) is 4.79 Å². The smallest absolute Gasteiger partial charge is 0.261 e. The lowest BCUT2D eigenvalue weighted by Gasteiger charge is -2.21. The molecule has 1 N–H and O–H groups in total. The molecule has 0 bridgehead atoms. The third-order valence-electron chi connectivity index (χ3n) is 4.65. The monoisotopic (exact) mass is 385 g/mol. The van der Waals surface area contributed by atoms with Crippen molar-refractivity contribution in [3.05, 3.63) is 53.1 Å². The molecule has 5 heteroatoms. The van der Waals surface area contributed by atoms with Crippen LogP contribution in [0, 0.1) is 13.8 Å². The Morgan fingerprint density at radius 3 is 2.32 bits per heavy atom. The SMILES string of the molecule is CCOc1ccc([C@@H](C)NC(=O)[C@@H](C)Oc2cccc(C)c2C)cc1OCC. The average molecular weight is 386 g/mol. The van der Waals surface area contributed by atoms with Crippen LogP contribution in [0.5, 0.6) is 17.2 Å². The van der Waals surface area contributed by atoms with Crippen molar-refractivity contribution < 1.29 is 19.0 Å². The third kappa shape index (κ3) is 5.41. The van der Waals surface area contributed by atoms with Crippen molar-refractivity contribution in [3.8, 4) is 17.2 Å². The maximum absolute atomic E-state index is 12.6. The Hall–Kier alpha value is -2.69. The van der Waals surface area contributed by atoms with Crippen LogP contribution in [-0.2, 0) is 4.79 Å². The number of benzene rings is 2. The van der Waals surface area contributed by atoms with Crippen molar-refractivity contribution in [2.75, 3.05) is 13.2 Å². The minimum absolute atomic E-state index is 0.166. The van der Waals surface area contributed by atoms with Crippen molar-refractivity contribution in [1.82, 2.24) is 5.32 Å². The second-order valence-corrected chi connectivity index (χ2v) is 6.76. The van der Waals surface area contributed by atoms with Crippen LogP contribution in [0.3, 0.4) is 0 Å². The highest BCUT2D eigenvalue weighted by Crippen LogP contribution is 2.31. The van der Waals surface area contributed by atoms with Crippen molar-refractivity contribution in [3.63, 3.8) is 0 Å². The zero-order chi connectivity index (χ0) is 20.7. The van der Waals surface area contributed by atoms with Crippen LogP contribution in [0.1, 0.15) is 50.4 Å². The summed E-state index contributed by atoms with van der Waals surface area (Å²) in [6, 6.07) is 11.4. The molecule has 2 aromatic carbocycles. The molecule has 2 rings (SSSR count). The van der Waals surface area contributed by atoms with Crippen LogP contribution in [0.2, 0.25) is 0 Å². The van der Waals surface area contributed by atoms with E-state index in [-0.39, 0.29) is 11.9 Å². The van der Waals surface area contributed by atoms with Crippen LogP contribution in [0.25, 0.3) is 0 Å². The van der Waals surface area contributed by atoms with Gasteiger partial charge in [0.15, 0.2) is 17.6 Å². The molecule has 2 atom stereocenters. The van der Waals surface area contributed by atoms with Crippen molar-refractivity contribution in [1.29, 1.82) is 0 Å². The first-order chi connectivity index (χ1) is 13.4. The molecule has 0 saturated heterocycles. The first-order valence-corrected chi connectivity index (χ1v) is 9.80. The molecule has 0 aliphatic heterocycles. The standard InChI is InChI=1S/C23H31NO4/c1-7-26-21-13-12-19(14-22(21)27-8-2)17(5)24-23(25)18(6)28-20-11-9-10-15(3)16(20)4/h9-14,17-18H,7-8H2,1-6H3,(H,24,25)/t17-,18-/m1/s1. The summed E-state index contributed by atoms with van der Waals surface area (Å²) in [4.78, 5) is 12.6. The van der Waals surface area contributed by atoms with Gasteiger partial charge in [0.25, 0.3) is 5.91 Å². The summed E-state index contributed by atoms with van der Waals surface area (Å²) in [5, 5.41) is 3.01. The first-order valence-electron chi connectivity index (χ1n) is 9.80. The lowest BCUT2D eigenvalue weighted by Crippen LogP contribution is -2.37. The lowest BCUT2D eigenvalue weighted by molar-refractivity contribution is -0.127. The highest BCUT2D eigenvalue weighted by Gasteiger charge is 2.19. The van der Waals surface area contributed by atoms with E-state index in [0.29, 0.717) is 24.7 Å². The van der Waals surface area contributed by atoms with Crippen molar-refractivity contribution in [2.24, 2.45) is 0 Å². The second kappa shape index (κ2) is 10.0. The molecule has 0 fully saturated rings. The van der Waals surface area contributed by atoms with Crippen LogP contribution in [0.15, 0.2) is 36.4 Å². The highest BCUT2D eigenvalue weighted by molar-refractivity contribution is 5.81. The van der Waals surface area contributed by atoms with Gasteiger partial charge in [-0.1, -0.05) is 18.2 Å². The summed E-state index contributed by atoms with van der Waals surface area (Å²) in [5.74, 6) is 1.95. The second-order valence-electron chi connectivity index (χ2n) is 6.76. The predicted molar refractivity (Wildman–Crippen MR) is 111 cm³/mol. The Morgan fingerprint density at radius 1 is 0.964 bits per heavy atom. The first kappa shape index (κ1) is 21.6. The fourth-order valence-electron chi connectivity index (χ4n) is 2.85. The maximum atomic E-state index is 12.6. The number of ether oxygens (including phenoxy) is 3. The Balaban J connectivity index is 2.06. The zero-order valence-corrected chi connectivity index (χ0v) is 17.7. The number of hydrogen-bond acceptors (Lipinski definition) is 4. The molecule has 1 amide bonds. The number of nitrogens with one attached hydrogen (secondary N) is 1. The Morgan fingerprint density at radius 2 is 1.64 bits per heavy atom. The van der Waals surface area contributed by atoms with Gasteiger partial charge in [-0.25, -0.2) is 0 Å². The molecule has 0 heterocycles. The van der Waals surface area contributed by atoms with E-state index in [1.807, 2.05) is 71.0 Å². The summed E-state index contributed by atoms with van der Waals surface area (Å²) in [7, 11) is 0. The van der Waals surface area contributed by atoms with E-state index in [1.54, 1.807) is 6.92 Å².